The predicted molar refractivity (Wildman–Crippen MR) is 118 cm³/mol. The van der Waals surface area contributed by atoms with E-state index in [2.05, 4.69) is 0 Å². The van der Waals surface area contributed by atoms with E-state index in [0.29, 0.717) is 18.7 Å². The van der Waals surface area contributed by atoms with E-state index in [1.165, 1.54) is 12.8 Å². The van der Waals surface area contributed by atoms with Crippen molar-refractivity contribution in [3.8, 4) is 0 Å². The van der Waals surface area contributed by atoms with Gasteiger partial charge in [-0.1, -0.05) is 44.9 Å². The molecule has 6 heteroatoms. The molecule has 162 valence electrons. The maximum atomic E-state index is 13.1. The van der Waals surface area contributed by atoms with Gasteiger partial charge in [0.2, 0.25) is 5.91 Å². The minimum absolute atomic E-state index is 0.0709. The number of carbonyl (C=O) groups is 3. The van der Waals surface area contributed by atoms with Gasteiger partial charge in [0.15, 0.2) is 0 Å². The summed E-state index contributed by atoms with van der Waals surface area (Å²) in [5.74, 6) is -0.879. The molecule has 0 aliphatic carbocycles. The van der Waals surface area contributed by atoms with Crippen LogP contribution in [0.2, 0.25) is 0 Å². The zero-order chi connectivity index (χ0) is 21.5. The van der Waals surface area contributed by atoms with Crippen molar-refractivity contribution in [2.24, 2.45) is 0 Å². The van der Waals surface area contributed by atoms with Gasteiger partial charge < -0.3 is 14.4 Å². The molecule has 30 heavy (non-hydrogen) atoms. The molecule has 0 unspecified atom stereocenters. The minimum Gasteiger partial charge on any atom is -0.341 e. The van der Waals surface area contributed by atoms with Crippen LogP contribution in [-0.2, 0) is 16.1 Å². The number of aromatic nitrogens is 1. The third-order valence-electron chi connectivity index (χ3n) is 5.77. The van der Waals surface area contributed by atoms with Gasteiger partial charge in [0.25, 0.3) is 11.7 Å². The summed E-state index contributed by atoms with van der Waals surface area (Å²) < 4.78 is 1.83. The highest BCUT2D eigenvalue weighted by atomic mass is 16.2. The number of hydrogen-bond donors (Lipinski definition) is 0. The topological polar surface area (TPSA) is 62.6 Å². The van der Waals surface area contributed by atoms with Crippen molar-refractivity contribution in [2.75, 3.05) is 26.2 Å². The molecule has 1 aromatic heterocycles. The fourth-order valence-corrected chi connectivity index (χ4v) is 4.24. The summed E-state index contributed by atoms with van der Waals surface area (Å²) in [6.07, 6.45) is 7.74. The Morgan fingerprint density at radius 2 is 1.57 bits per heavy atom. The Kier molecular flexibility index (Phi) is 7.66. The van der Waals surface area contributed by atoms with Crippen LogP contribution in [0.1, 0.15) is 62.7 Å². The van der Waals surface area contributed by atoms with Gasteiger partial charge in [-0.15, -0.1) is 0 Å². The average molecular weight is 412 g/mol. The number of ketones is 1. The highest BCUT2D eigenvalue weighted by Crippen LogP contribution is 2.23. The maximum Gasteiger partial charge on any atom is 0.295 e. The van der Waals surface area contributed by atoms with Crippen LogP contribution in [0.25, 0.3) is 10.9 Å². The Morgan fingerprint density at radius 3 is 2.20 bits per heavy atom. The molecule has 1 saturated heterocycles. The van der Waals surface area contributed by atoms with Crippen molar-refractivity contribution in [1.82, 2.24) is 14.4 Å². The van der Waals surface area contributed by atoms with Crippen molar-refractivity contribution in [1.29, 1.82) is 0 Å². The lowest BCUT2D eigenvalue weighted by atomic mass is 10.1. The van der Waals surface area contributed by atoms with Gasteiger partial charge in [-0.2, -0.15) is 0 Å². The second-order valence-corrected chi connectivity index (χ2v) is 8.10. The Balaban J connectivity index is 1.87. The van der Waals surface area contributed by atoms with Crippen LogP contribution in [0, 0.1) is 0 Å². The number of amides is 2. The molecule has 0 saturated carbocycles. The first-order valence-electron chi connectivity index (χ1n) is 11.3. The highest BCUT2D eigenvalue weighted by Gasteiger charge is 2.26. The van der Waals surface area contributed by atoms with E-state index in [1.54, 1.807) is 11.1 Å². The average Bonchev–Trinajstić information content (AvgIpc) is 2.92. The van der Waals surface area contributed by atoms with Crippen molar-refractivity contribution >= 4 is 28.5 Å². The molecule has 3 rings (SSSR count). The number of benzene rings is 1. The second kappa shape index (κ2) is 10.4. The van der Waals surface area contributed by atoms with E-state index in [1.807, 2.05) is 47.6 Å². The molecule has 1 aliphatic rings. The number of likely N-dealkylation sites (tertiary alicyclic amines) is 1. The number of para-hydroxylation sites is 1. The summed E-state index contributed by atoms with van der Waals surface area (Å²) in [6.45, 7) is 6.93. The number of Topliss-reactive ketones (excluding diaryl/α,β-unsaturated/α-hetero) is 1. The zero-order valence-electron chi connectivity index (χ0n) is 18.2. The molecule has 0 bridgehead atoms. The molecule has 2 amide bonds. The van der Waals surface area contributed by atoms with Crippen LogP contribution in [0.15, 0.2) is 30.5 Å². The Bertz CT molecular complexity index is 888. The van der Waals surface area contributed by atoms with Gasteiger partial charge in [0, 0.05) is 43.3 Å². The van der Waals surface area contributed by atoms with Gasteiger partial charge in [-0.05, 0) is 31.7 Å². The van der Waals surface area contributed by atoms with E-state index in [9.17, 15) is 14.4 Å². The van der Waals surface area contributed by atoms with Gasteiger partial charge in [0.05, 0.1) is 5.56 Å². The quantitative estimate of drug-likeness (QED) is 0.489. The maximum absolute atomic E-state index is 13.1. The summed E-state index contributed by atoms with van der Waals surface area (Å²) in [4.78, 5) is 42.4. The predicted octanol–water partition coefficient (Wildman–Crippen LogP) is 3.88. The lowest BCUT2D eigenvalue weighted by Gasteiger charge is -2.21. The monoisotopic (exact) mass is 411 g/mol. The summed E-state index contributed by atoms with van der Waals surface area (Å²) in [5.41, 5.74) is 1.20. The van der Waals surface area contributed by atoms with Crippen molar-refractivity contribution < 1.29 is 14.4 Å². The van der Waals surface area contributed by atoms with Gasteiger partial charge in [-0.25, -0.2) is 0 Å². The highest BCUT2D eigenvalue weighted by molar-refractivity contribution is 6.44. The van der Waals surface area contributed by atoms with Crippen LogP contribution in [0.4, 0.5) is 0 Å². The number of carbonyl (C=O) groups excluding carboxylic acids is 3. The van der Waals surface area contributed by atoms with E-state index in [4.69, 9.17) is 0 Å². The molecular weight excluding hydrogens is 378 g/mol. The number of fused-ring (bicyclic) bond motifs is 1. The van der Waals surface area contributed by atoms with Crippen LogP contribution in [0.3, 0.4) is 0 Å². The Labute approximate surface area is 178 Å². The van der Waals surface area contributed by atoms with Crippen molar-refractivity contribution in [3.05, 3.63) is 36.0 Å². The molecule has 2 aromatic rings. The molecule has 1 fully saturated rings. The number of hydrogen-bond acceptors (Lipinski definition) is 3. The first-order valence-corrected chi connectivity index (χ1v) is 11.3. The second-order valence-electron chi connectivity index (χ2n) is 8.10. The van der Waals surface area contributed by atoms with Gasteiger partial charge in [-0.3, -0.25) is 14.4 Å². The first-order chi connectivity index (χ1) is 14.6. The van der Waals surface area contributed by atoms with Crippen molar-refractivity contribution in [2.45, 2.75) is 58.9 Å². The SMILES string of the molecule is CCCN(CCC)C(=O)C(=O)c1cn(CC(=O)N2CCCCCC2)c2ccccc12. The van der Waals surface area contributed by atoms with Crippen LogP contribution < -0.4 is 0 Å². The third kappa shape index (κ3) is 4.91. The van der Waals surface area contributed by atoms with Crippen molar-refractivity contribution in [3.63, 3.8) is 0 Å². The normalized spacial score (nSPS) is 14.5. The lowest BCUT2D eigenvalue weighted by Crippen LogP contribution is -2.37. The van der Waals surface area contributed by atoms with E-state index in [0.717, 1.165) is 49.7 Å². The largest absolute Gasteiger partial charge is 0.341 e. The Morgan fingerprint density at radius 1 is 0.933 bits per heavy atom. The van der Waals surface area contributed by atoms with E-state index in [-0.39, 0.29) is 12.5 Å². The number of rotatable bonds is 8. The zero-order valence-corrected chi connectivity index (χ0v) is 18.2. The fraction of sp³-hybridized carbons (Fsp3) is 0.542. The third-order valence-corrected chi connectivity index (χ3v) is 5.77. The molecule has 6 nitrogen and oxygen atoms in total. The molecule has 0 spiro atoms. The molecule has 1 aromatic carbocycles. The van der Waals surface area contributed by atoms with Crippen LogP contribution in [-0.4, -0.2) is 58.1 Å². The summed E-state index contributed by atoms with van der Waals surface area (Å²) >= 11 is 0. The Hall–Kier alpha value is -2.63. The van der Waals surface area contributed by atoms with E-state index < -0.39 is 11.7 Å². The molecular formula is C24H33N3O3. The molecule has 0 N–H and O–H groups in total. The standard InChI is InChI=1S/C24H33N3O3/c1-3-13-26(14-4-2)24(30)23(29)20-17-27(21-12-8-7-11-19(20)21)18-22(28)25-15-9-5-6-10-16-25/h7-8,11-12,17H,3-6,9-10,13-16,18H2,1-2H3. The van der Waals surface area contributed by atoms with E-state index >= 15 is 0 Å². The molecule has 0 atom stereocenters. The van der Waals surface area contributed by atoms with Gasteiger partial charge in [0.1, 0.15) is 6.54 Å². The lowest BCUT2D eigenvalue weighted by molar-refractivity contribution is -0.131. The first kappa shape index (κ1) is 22.1. The summed E-state index contributed by atoms with van der Waals surface area (Å²) in [5, 5.41) is 0.729. The van der Waals surface area contributed by atoms with Crippen LogP contribution in [0.5, 0.6) is 0 Å². The minimum atomic E-state index is -0.492. The van der Waals surface area contributed by atoms with Crippen LogP contribution >= 0.6 is 0 Å². The molecule has 2 heterocycles. The number of nitrogens with zero attached hydrogens (tertiary/aromatic N) is 3. The smallest absolute Gasteiger partial charge is 0.295 e. The summed E-state index contributed by atoms with van der Waals surface area (Å²) in [6, 6.07) is 7.51. The van der Waals surface area contributed by atoms with Gasteiger partial charge >= 0.3 is 0 Å². The molecule has 0 radical (unpaired) electrons. The fourth-order valence-electron chi connectivity index (χ4n) is 4.24. The molecule has 1 aliphatic heterocycles. The summed E-state index contributed by atoms with van der Waals surface area (Å²) in [7, 11) is 0.